The monoisotopic (exact) mass is 290 g/mol. The van der Waals surface area contributed by atoms with Gasteiger partial charge in [0.1, 0.15) is 12.4 Å². The molecule has 0 aliphatic heterocycles. The van der Waals surface area contributed by atoms with E-state index in [0.29, 0.717) is 23.5 Å². The smallest absolute Gasteiger partial charge is 0.167 e. The molecule has 0 spiro atoms. The number of methoxy groups -OCH3 is 1. The molecule has 0 aliphatic carbocycles. The van der Waals surface area contributed by atoms with Crippen LogP contribution in [0.4, 0.5) is 4.39 Å². The number of hydrogen-bond donors (Lipinski definition) is 1. The largest absolute Gasteiger partial charge is 0.493 e. The molecule has 3 nitrogen and oxygen atoms in total. The second-order valence-electron chi connectivity index (χ2n) is 4.72. The molecule has 112 valence electrons. The van der Waals surface area contributed by atoms with Gasteiger partial charge in [0.2, 0.25) is 0 Å². The van der Waals surface area contributed by atoms with E-state index < -0.39 is 6.10 Å². The van der Waals surface area contributed by atoms with Crippen molar-refractivity contribution in [3.05, 3.63) is 59.4 Å². The van der Waals surface area contributed by atoms with Gasteiger partial charge in [-0.1, -0.05) is 31.2 Å². The Morgan fingerprint density at radius 2 is 1.86 bits per heavy atom. The van der Waals surface area contributed by atoms with Gasteiger partial charge in [-0.15, -0.1) is 0 Å². The Morgan fingerprint density at radius 3 is 2.48 bits per heavy atom. The zero-order chi connectivity index (χ0) is 15.2. The van der Waals surface area contributed by atoms with Crippen LogP contribution in [-0.4, -0.2) is 12.2 Å². The van der Waals surface area contributed by atoms with E-state index in [-0.39, 0.29) is 12.4 Å². The minimum absolute atomic E-state index is 0.280. The van der Waals surface area contributed by atoms with Crippen LogP contribution in [0, 0.1) is 5.82 Å². The first kappa shape index (κ1) is 15.3. The molecule has 2 aromatic rings. The molecule has 1 atom stereocenters. The average molecular weight is 290 g/mol. The van der Waals surface area contributed by atoms with Gasteiger partial charge in [0, 0.05) is 5.56 Å². The van der Waals surface area contributed by atoms with Crippen molar-refractivity contribution >= 4 is 0 Å². The summed E-state index contributed by atoms with van der Waals surface area (Å²) >= 11 is 0. The molecule has 0 fully saturated rings. The Labute approximate surface area is 124 Å². The summed E-state index contributed by atoms with van der Waals surface area (Å²) in [5, 5.41) is 10.1. The van der Waals surface area contributed by atoms with Gasteiger partial charge in [-0.25, -0.2) is 4.39 Å². The fraction of sp³-hybridized carbons (Fsp3) is 0.294. The van der Waals surface area contributed by atoms with Crippen LogP contribution in [0.3, 0.4) is 0 Å². The standard InChI is InChI=1S/C17H19FO3/c1-3-15(19)14-5-4-6-16(20-2)17(14)21-11-12-7-9-13(18)10-8-12/h4-10,15,19H,3,11H2,1-2H3. The van der Waals surface area contributed by atoms with Gasteiger partial charge in [0.05, 0.1) is 13.2 Å². The highest BCUT2D eigenvalue weighted by Gasteiger charge is 2.16. The highest BCUT2D eigenvalue weighted by atomic mass is 19.1. The minimum atomic E-state index is -0.608. The fourth-order valence-corrected chi connectivity index (χ4v) is 2.07. The third kappa shape index (κ3) is 3.73. The molecule has 0 aliphatic rings. The first-order valence-corrected chi connectivity index (χ1v) is 6.88. The number of para-hydroxylation sites is 1. The summed E-state index contributed by atoms with van der Waals surface area (Å²) in [7, 11) is 1.56. The zero-order valence-corrected chi connectivity index (χ0v) is 12.2. The summed E-state index contributed by atoms with van der Waals surface area (Å²) in [4.78, 5) is 0. The molecule has 4 heteroatoms. The second kappa shape index (κ2) is 7.09. The molecule has 0 aromatic heterocycles. The van der Waals surface area contributed by atoms with Crippen LogP contribution in [0.25, 0.3) is 0 Å². The number of ether oxygens (including phenoxy) is 2. The van der Waals surface area contributed by atoms with Crippen LogP contribution >= 0.6 is 0 Å². The number of benzene rings is 2. The van der Waals surface area contributed by atoms with Gasteiger partial charge in [0.15, 0.2) is 11.5 Å². The molecule has 21 heavy (non-hydrogen) atoms. The molecule has 0 bridgehead atoms. The van der Waals surface area contributed by atoms with E-state index in [9.17, 15) is 9.50 Å². The molecule has 0 saturated heterocycles. The van der Waals surface area contributed by atoms with Gasteiger partial charge in [-0.3, -0.25) is 0 Å². The predicted molar refractivity (Wildman–Crippen MR) is 79.0 cm³/mol. The van der Waals surface area contributed by atoms with Crippen LogP contribution in [0.5, 0.6) is 11.5 Å². The number of aliphatic hydroxyl groups excluding tert-OH is 1. The van der Waals surface area contributed by atoms with Crippen LogP contribution < -0.4 is 9.47 Å². The van der Waals surface area contributed by atoms with Crippen LogP contribution in [0.1, 0.15) is 30.6 Å². The van der Waals surface area contributed by atoms with E-state index >= 15 is 0 Å². The van der Waals surface area contributed by atoms with Gasteiger partial charge >= 0.3 is 0 Å². The first-order chi connectivity index (χ1) is 10.2. The highest BCUT2D eigenvalue weighted by molar-refractivity contribution is 5.47. The highest BCUT2D eigenvalue weighted by Crippen LogP contribution is 2.36. The fourth-order valence-electron chi connectivity index (χ4n) is 2.07. The van der Waals surface area contributed by atoms with Crippen molar-refractivity contribution < 1.29 is 19.0 Å². The van der Waals surface area contributed by atoms with E-state index in [1.54, 1.807) is 25.3 Å². The number of aliphatic hydroxyl groups is 1. The van der Waals surface area contributed by atoms with Crippen LogP contribution in [-0.2, 0) is 6.61 Å². The maximum absolute atomic E-state index is 12.9. The Morgan fingerprint density at radius 1 is 1.14 bits per heavy atom. The van der Waals surface area contributed by atoms with E-state index in [2.05, 4.69) is 0 Å². The summed E-state index contributed by atoms with van der Waals surface area (Å²) in [6, 6.07) is 11.5. The first-order valence-electron chi connectivity index (χ1n) is 6.88. The van der Waals surface area contributed by atoms with E-state index in [4.69, 9.17) is 9.47 Å². The Kier molecular flexibility index (Phi) is 5.17. The molecular weight excluding hydrogens is 271 g/mol. The summed E-state index contributed by atoms with van der Waals surface area (Å²) < 4.78 is 24.0. The Balaban J connectivity index is 2.23. The lowest BCUT2D eigenvalue weighted by Gasteiger charge is -2.18. The summed E-state index contributed by atoms with van der Waals surface area (Å²) in [5.41, 5.74) is 1.54. The van der Waals surface area contributed by atoms with Crippen molar-refractivity contribution in [2.75, 3.05) is 7.11 Å². The van der Waals surface area contributed by atoms with E-state index in [1.807, 2.05) is 19.1 Å². The molecule has 2 aromatic carbocycles. The van der Waals surface area contributed by atoms with Gasteiger partial charge in [-0.05, 0) is 30.2 Å². The molecule has 1 unspecified atom stereocenters. The normalized spacial score (nSPS) is 12.0. The van der Waals surface area contributed by atoms with Crippen LogP contribution in [0.15, 0.2) is 42.5 Å². The zero-order valence-electron chi connectivity index (χ0n) is 12.2. The van der Waals surface area contributed by atoms with Crippen molar-refractivity contribution in [2.24, 2.45) is 0 Å². The maximum Gasteiger partial charge on any atom is 0.167 e. The molecule has 2 rings (SSSR count). The summed E-state index contributed by atoms with van der Waals surface area (Å²) in [5.74, 6) is 0.818. The van der Waals surface area contributed by atoms with Crippen LogP contribution in [0.2, 0.25) is 0 Å². The van der Waals surface area contributed by atoms with Crippen molar-refractivity contribution in [3.63, 3.8) is 0 Å². The predicted octanol–water partition coefficient (Wildman–Crippen LogP) is 3.86. The lowest BCUT2D eigenvalue weighted by Crippen LogP contribution is -2.04. The maximum atomic E-state index is 12.9. The van der Waals surface area contributed by atoms with Gasteiger partial charge in [-0.2, -0.15) is 0 Å². The Hall–Kier alpha value is -2.07. The summed E-state index contributed by atoms with van der Waals surface area (Å²) in [6.07, 6.45) is -0.0246. The second-order valence-corrected chi connectivity index (χ2v) is 4.72. The van der Waals surface area contributed by atoms with Crippen molar-refractivity contribution in [1.29, 1.82) is 0 Å². The molecule has 1 N–H and O–H groups in total. The van der Waals surface area contributed by atoms with E-state index in [0.717, 1.165) is 5.56 Å². The number of hydrogen-bond acceptors (Lipinski definition) is 3. The lowest BCUT2D eigenvalue weighted by molar-refractivity contribution is 0.164. The Bertz CT molecular complexity index is 581. The molecule has 0 saturated carbocycles. The molecule has 0 amide bonds. The van der Waals surface area contributed by atoms with E-state index in [1.165, 1.54) is 12.1 Å². The van der Waals surface area contributed by atoms with Crippen molar-refractivity contribution in [2.45, 2.75) is 26.1 Å². The quantitative estimate of drug-likeness (QED) is 0.878. The third-order valence-corrected chi connectivity index (χ3v) is 3.27. The van der Waals surface area contributed by atoms with Gasteiger partial charge < -0.3 is 14.6 Å². The summed E-state index contributed by atoms with van der Waals surface area (Å²) in [6.45, 7) is 2.18. The molecular formula is C17H19FO3. The lowest BCUT2D eigenvalue weighted by atomic mass is 10.1. The number of halogens is 1. The topological polar surface area (TPSA) is 38.7 Å². The molecule has 0 radical (unpaired) electrons. The minimum Gasteiger partial charge on any atom is -0.493 e. The van der Waals surface area contributed by atoms with Crippen molar-refractivity contribution in [3.8, 4) is 11.5 Å². The average Bonchev–Trinajstić information content (AvgIpc) is 2.53. The van der Waals surface area contributed by atoms with Crippen molar-refractivity contribution in [1.82, 2.24) is 0 Å². The third-order valence-electron chi connectivity index (χ3n) is 3.27. The van der Waals surface area contributed by atoms with Gasteiger partial charge in [0.25, 0.3) is 0 Å². The molecule has 0 heterocycles. The SMILES string of the molecule is CCC(O)c1cccc(OC)c1OCc1ccc(F)cc1. The number of rotatable bonds is 6.